The minimum absolute atomic E-state index is 0.130. The molecule has 0 fully saturated rings. The van der Waals surface area contributed by atoms with Gasteiger partial charge in [0.2, 0.25) is 0 Å². The quantitative estimate of drug-likeness (QED) is 0.638. The van der Waals surface area contributed by atoms with Crippen molar-refractivity contribution in [2.24, 2.45) is 0 Å². The van der Waals surface area contributed by atoms with Crippen molar-refractivity contribution in [2.75, 3.05) is 6.61 Å². The smallest absolute Gasteiger partial charge is 0.344 e. The maximum atomic E-state index is 11.6. The second kappa shape index (κ2) is 5.95. The van der Waals surface area contributed by atoms with Gasteiger partial charge in [-0.2, -0.15) is 0 Å². The lowest BCUT2D eigenvalue weighted by atomic mass is 10.1. The number of ether oxygens (including phenoxy) is 2. The number of hydrogen-bond donors (Lipinski definition) is 0. The minimum atomic E-state index is -0.519. The molecule has 0 atom stereocenters. The Kier molecular flexibility index (Phi) is 4.26. The second-order valence-corrected chi connectivity index (χ2v) is 5.76. The molecule has 2 aromatic carbocycles. The van der Waals surface area contributed by atoms with Crippen molar-refractivity contribution in [3.8, 4) is 5.75 Å². The minimum Gasteiger partial charge on any atom is -0.482 e. The van der Waals surface area contributed by atoms with E-state index in [-0.39, 0.29) is 6.61 Å². The first kappa shape index (κ1) is 15.0. The molecule has 0 amide bonds. The first-order chi connectivity index (χ1) is 9.87. The van der Waals surface area contributed by atoms with Crippen LogP contribution in [-0.4, -0.2) is 24.5 Å². The van der Waals surface area contributed by atoms with Crippen molar-refractivity contribution in [1.29, 1.82) is 0 Å². The van der Waals surface area contributed by atoms with Crippen molar-refractivity contribution in [3.63, 3.8) is 0 Å². The van der Waals surface area contributed by atoms with Crippen LogP contribution in [0.4, 0.5) is 0 Å². The normalized spacial score (nSPS) is 11.2. The highest BCUT2D eigenvalue weighted by Gasteiger charge is 2.16. The number of carbonyl (C=O) groups excluding carboxylic acids is 2. The molecule has 0 unspecified atom stereocenters. The van der Waals surface area contributed by atoms with Gasteiger partial charge in [-0.1, -0.05) is 18.2 Å². The fraction of sp³-hybridized carbons (Fsp3) is 0.294. The topological polar surface area (TPSA) is 52.6 Å². The molecule has 2 rings (SSSR count). The van der Waals surface area contributed by atoms with E-state index in [9.17, 15) is 9.59 Å². The number of carbonyl (C=O) groups is 2. The van der Waals surface area contributed by atoms with Crippen LogP contribution in [-0.2, 0) is 9.53 Å². The summed E-state index contributed by atoms with van der Waals surface area (Å²) >= 11 is 0. The van der Waals surface area contributed by atoms with E-state index < -0.39 is 11.6 Å². The molecule has 0 radical (unpaired) electrons. The average molecular weight is 286 g/mol. The number of esters is 1. The summed E-state index contributed by atoms with van der Waals surface area (Å²) in [5, 5.41) is 1.89. The van der Waals surface area contributed by atoms with Crippen molar-refractivity contribution >= 4 is 23.0 Å². The van der Waals surface area contributed by atoms with E-state index in [1.165, 1.54) is 0 Å². The van der Waals surface area contributed by atoms with Crippen LogP contribution in [0.3, 0.4) is 0 Å². The zero-order valence-electron chi connectivity index (χ0n) is 12.4. The molecule has 0 spiro atoms. The molecule has 110 valence electrons. The van der Waals surface area contributed by atoms with Crippen LogP contribution >= 0.6 is 0 Å². The van der Waals surface area contributed by atoms with Crippen molar-refractivity contribution in [2.45, 2.75) is 26.4 Å². The molecule has 0 heterocycles. The third-order valence-corrected chi connectivity index (χ3v) is 2.75. The Morgan fingerprint density at radius 3 is 2.43 bits per heavy atom. The molecule has 21 heavy (non-hydrogen) atoms. The fourth-order valence-electron chi connectivity index (χ4n) is 1.92. The van der Waals surface area contributed by atoms with Gasteiger partial charge in [0.25, 0.3) is 0 Å². The van der Waals surface area contributed by atoms with Crippen LogP contribution in [0, 0.1) is 0 Å². The van der Waals surface area contributed by atoms with Gasteiger partial charge in [0.15, 0.2) is 6.61 Å². The molecule has 0 aliphatic rings. The van der Waals surface area contributed by atoms with Gasteiger partial charge in [-0.3, -0.25) is 4.79 Å². The van der Waals surface area contributed by atoms with Crippen LogP contribution in [0.1, 0.15) is 31.1 Å². The Morgan fingerprint density at radius 1 is 1.10 bits per heavy atom. The number of fused-ring (bicyclic) bond motifs is 1. The van der Waals surface area contributed by atoms with Gasteiger partial charge in [-0.05, 0) is 49.7 Å². The summed E-state index contributed by atoms with van der Waals surface area (Å²) in [7, 11) is 0. The van der Waals surface area contributed by atoms with E-state index in [1.807, 2.05) is 39.0 Å². The maximum absolute atomic E-state index is 11.6. The largest absolute Gasteiger partial charge is 0.482 e. The Labute approximate surface area is 123 Å². The molecule has 0 aromatic heterocycles. The van der Waals surface area contributed by atoms with E-state index in [0.29, 0.717) is 11.3 Å². The van der Waals surface area contributed by atoms with Gasteiger partial charge in [0.05, 0.1) is 0 Å². The Hall–Kier alpha value is -2.36. The SMILES string of the molecule is CC(C)(C)OC(=O)COc1ccc2cc(C=O)ccc2c1. The molecule has 0 aliphatic carbocycles. The third-order valence-electron chi connectivity index (χ3n) is 2.75. The van der Waals surface area contributed by atoms with Gasteiger partial charge in [0.1, 0.15) is 17.6 Å². The standard InChI is InChI=1S/C17H18O4/c1-17(2,3)21-16(19)11-20-15-7-6-13-8-12(10-18)4-5-14(13)9-15/h4-10H,11H2,1-3H3. The van der Waals surface area contributed by atoms with E-state index in [1.54, 1.807) is 18.2 Å². The Balaban J connectivity index is 2.06. The molecular weight excluding hydrogens is 268 g/mol. The average Bonchev–Trinajstić information content (AvgIpc) is 2.42. The molecule has 4 heteroatoms. The summed E-state index contributed by atoms with van der Waals surface area (Å²) < 4.78 is 10.6. The molecule has 0 bridgehead atoms. The zero-order valence-corrected chi connectivity index (χ0v) is 12.4. The van der Waals surface area contributed by atoms with E-state index in [0.717, 1.165) is 17.1 Å². The van der Waals surface area contributed by atoms with Crippen LogP contribution in [0.15, 0.2) is 36.4 Å². The first-order valence-corrected chi connectivity index (χ1v) is 6.71. The highest BCUT2D eigenvalue weighted by Crippen LogP contribution is 2.22. The summed E-state index contributed by atoms with van der Waals surface area (Å²) in [5.41, 5.74) is 0.111. The lowest BCUT2D eigenvalue weighted by Gasteiger charge is -2.19. The van der Waals surface area contributed by atoms with Crippen molar-refractivity contribution < 1.29 is 19.1 Å². The van der Waals surface area contributed by atoms with Gasteiger partial charge in [0, 0.05) is 5.56 Å². The molecular formula is C17H18O4. The van der Waals surface area contributed by atoms with E-state index >= 15 is 0 Å². The lowest BCUT2D eigenvalue weighted by Crippen LogP contribution is -2.27. The summed E-state index contributed by atoms with van der Waals surface area (Å²) in [6.45, 7) is 5.30. The van der Waals surface area contributed by atoms with Gasteiger partial charge in [-0.15, -0.1) is 0 Å². The van der Waals surface area contributed by atoms with Gasteiger partial charge < -0.3 is 9.47 Å². The van der Waals surface area contributed by atoms with Crippen molar-refractivity contribution in [3.05, 3.63) is 42.0 Å². The molecule has 0 N–H and O–H groups in total. The molecule has 0 saturated heterocycles. The summed E-state index contributed by atoms with van der Waals surface area (Å²) in [4.78, 5) is 22.3. The monoisotopic (exact) mass is 286 g/mol. The van der Waals surface area contributed by atoms with Gasteiger partial charge in [-0.25, -0.2) is 4.79 Å². The van der Waals surface area contributed by atoms with Crippen LogP contribution in [0.5, 0.6) is 5.75 Å². The van der Waals surface area contributed by atoms with Crippen LogP contribution in [0.2, 0.25) is 0 Å². The van der Waals surface area contributed by atoms with Gasteiger partial charge >= 0.3 is 5.97 Å². The highest BCUT2D eigenvalue weighted by molar-refractivity contribution is 5.89. The molecule has 4 nitrogen and oxygen atoms in total. The van der Waals surface area contributed by atoms with E-state index in [4.69, 9.17) is 9.47 Å². The second-order valence-electron chi connectivity index (χ2n) is 5.76. The van der Waals surface area contributed by atoms with Crippen LogP contribution < -0.4 is 4.74 Å². The van der Waals surface area contributed by atoms with Crippen LogP contribution in [0.25, 0.3) is 10.8 Å². The summed E-state index contributed by atoms with van der Waals surface area (Å²) in [6.07, 6.45) is 0.812. The number of aldehydes is 1. The molecule has 0 aliphatic heterocycles. The predicted octanol–water partition coefficient (Wildman–Crippen LogP) is 3.37. The zero-order chi connectivity index (χ0) is 15.5. The Morgan fingerprint density at radius 2 is 1.76 bits per heavy atom. The Bertz CT molecular complexity index is 668. The number of rotatable bonds is 4. The number of hydrogen-bond acceptors (Lipinski definition) is 4. The summed E-state index contributed by atoms with van der Waals surface area (Å²) in [6, 6.07) is 10.8. The first-order valence-electron chi connectivity index (χ1n) is 6.71. The fourth-order valence-corrected chi connectivity index (χ4v) is 1.92. The molecule has 0 saturated carbocycles. The third kappa shape index (κ3) is 4.31. The predicted molar refractivity (Wildman–Crippen MR) is 80.7 cm³/mol. The maximum Gasteiger partial charge on any atom is 0.344 e. The van der Waals surface area contributed by atoms with Crippen molar-refractivity contribution in [1.82, 2.24) is 0 Å². The lowest BCUT2D eigenvalue weighted by molar-refractivity contribution is -0.157. The molecule has 2 aromatic rings. The van der Waals surface area contributed by atoms with E-state index in [2.05, 4.69) is 0 Å². The highest BCUT2D eigenvalue weighted by atomic mass is 16.6. The number of benzene rings is 2. The summed E-state index contributed by atoms with van der Waals surface area (Å²) in [5.74, 6) is 0.186.